The van der Waals surface area contributed by atoms with E-state index in [2.05, 4.69) is 9.88 Å². The molecule has 0 amide bonds. The first-order valence-corrected chi connectivity index (χ1v) is 6.65. The van der Waals surface area contributed by atoms with Crippen LogP contribution < -0.4 is 10.6 Å². The molecule has 5 heteroatoms. The van der Waals surface area contributed by atoms with E-state index in [0.717, 1.165) is 37.2 Å². The van der Waals surface area contributed by atoms with Crippen LogP contribution in [0.2, 0.25) is 5.02 Å². The Morgan fingerprint density at radius 3 is 3.22 bits per heavy atom. The van der Waals surface area contributed by atoms with E-state index in [9.17, 15) is 0 Å². The van der Waals surface area contributed by atoms with E-state index in [-0.39, 0.29) is 0 Å². The summed E-state index contributed by atoms with van der Waals surface area (Å²) < 4.78 is 5.77. The van der Waals surface area contributed by atoms with E-state index in [1.807, 2.05) is 12.1 Å². The fourth-order valence-corrected chi connectivity index (χ4v) is 2.61. The largest absolute Gasteiger partial charge is 0.423 e. The number of oxazole rings is 1. The summed E-state index contributed by atoms with van der Waals surface area (Å²) in [6.45, 7) is 2.64. The number of nitrogens with two attached hydrogens (primary N) is 1. The van der Waals surface area contributed by atoms with Crippen LogP contribution in [0.3, 0.4) is 0 Å². The van der Waals surface area contributed by atoms with Crippen molar-refractivity contribution in [1.29, 1.82) is 0 Å². The van der Waals surface area contributed by atoms with Gasteiger partial charge in [-0.15, -0.1) is 0 Å². The molecule has 2 heterocycles. The third kappa shape index (κ3) is 2.18. The van der Waals surface area contributed by atoms with Crippen LogP contribution in [0, 0.1) is 5.92 Å². The number of anilines is 1. The second kappa shape index (κ2) is 4.78. The lowest BCUT2D eigenvalue weighted by molar-refractivity contribution is 0.403. The van der Waals surface area contributed by atoms with Gasteiger partial charge in [-0.25, -0.2) is 0 Å². The fraction of sp³-hybridized carbons (Fsp3) is 0.462. The smallest absolute Gasteiger partial charge is 0.298 e. The van der Waals surface area contributed by atoms with Crippen molar-refractivity contribution in [1.82, 2.24) is 4.98 Å². The number of rotatable bonds is 2. The first kappa shape index (κ1) is 11.8. The summed E-state index contributed by atoms with van der Waals surface area (Å²) in [7, 11) is 0. The van der Waals surface area contributed by atoms with E-state index in [0.29, 0.717) is 17.0 Å². The Morgan fingerprint density at radius 2 is 2.39 bits per heavy atom. The summed E-state index contributed by atoms with van der Waals surface area (Å²) in [6.07, 6.45) is 2.33. The van der Waals surface area contributed by atoms with Crippen molar-refractivity contribution < 1.29 is 4.42 Å². The standard InChI is InChI=1S/C13H16ClN3O/c14-10-3-4-11-12(6-10)18-13(16-11)17-5-1-2-9(7-15)8-17/h3-4,6,9H,1-2,5,7-8,15H2. The van der Waals surface area contributed by atoms with E-state index in [1.54, 1.807) is 6.07 Å². The van der Waals surface area contributed by atoms with Gasteiger partial charge in [0.25, 0.3) is 6.01 Å². The molecule has 0 radical (unpaired) electrons. The minimum Gasteiger partial charge on any atom is -0.423 e. The molecule has 1 atom stereocenters. The second-order valence-electron chi connectivity index (χ2n) is 4.80. The first-order chi connectivity index (χ1) is 8.76. The van der Waals surface area contributed by atoms with Gasteiger partial charge in [-0.1, -0.05) is 11.6 Å². The Bertz CT molecular complexity index is 554. The lowest BCUT2D eigenvalue weighted by atomic mass is 9.99. The highest BCUT2D eigenvalue weighted by Crippen LogP contribution is 2.27. The summed E-state index contributed by atoms with van der Waals surface area (Å²) in [4.78, 5) is 6.68. The topological polar surface area (TPSA) is 55.3 Å². The van der Waals surface area contributed by atoms with Gasteiger partial charge in [-0.2, -0.15) is 4.98 Å². The molecule has 96 valence electrons. The quantitative estimate of drug-likeness (QED) is 0.907. The van der Waals surface area contributed by atoms with Crippen LogP contribution in [0.5, 0.6) is 0 Å². The van der Waals surface area contributed by atoms with E-state index >= 15 is 0 Å². The molecule has 1 aromatic carbocycles. The van der Waals surface area contributed by atoms with Crippen LogP contribution in [0.15, 0.2) is 22.6 Å². The Kier molecular flexibility index (Phi) is 3.14. The van der Waals surface area contributed by atoms with Gasteiger partial charge in [0.15, 0.2) is 5.58 Å². The molecule has 18 heavy (non-hydrogen) atoms. The molecule has 1 saturated heterocycles. The lowest BCUT2D eigenvalue weighted by Crippen LogP contribution is -2.38. The number of fused-ring (bicyclic) bond motifs is 1. The molecule has 0 spiro atoms. The third-order valence-corrected chi connectivity index (χ3v) is 3.70. The molecule has 0 bridgehead atoms. The minimum absolute atomic E-state index is 0.539. The van der Waals surface area contributed by atoms with E-state index in [1.165, 1.54) is 6.42 Å². The van der Waals surface area contributed by atoms with Crippen LogP contribution in [-0.2, 0) is 0 Å². The van der Waals surface area contributed by atoms with Crippen molar-refractivity contribution in [3.63, 3.8) is 0 Å². The maximum absolute atomic E-state index is 5.94. The number of benzene rings is 1. The Balaban J connectivity index is 1.89. The first-order valence-electron chi connectivity index (χ1n) is 6.27. The van der Waals surface area contributed by atoms with Crippen molar-refractivity contribution in [3.05, 3.63) is 23.2 Å². The minimum atomic E-state index is 0.539. The van der Waals surface area contributed by atoms with Gasteiger partial charge < -0.3 is 15.1 Å². The van der Waals surface area contributed by atoms with E-state index in [4.69, 9.17) is 21.8 Å². The number of nitrogens with zero attached hydrogens (tertiary/aromatic N) is 2. The zero-order chi connectivity index (χ0) is 12.5. The molecule has 0 saturated carbocycles. The van der Waals surface area contributed by atoms with Gasteiger partial charge in [0.1, 0.15) is 5.52 Å². The SMILES string of the molecule is NCC1CCCN(c2nc3ccc(Cl)cc3o2)C1. The maximum Gasteiger partial charge on any atom is 0.298 e. The molecular weight excluding hydrogens is 250 g/mol. The van der Waals surface area contributed by atoms with Crippen LogP contribution in [0.1, 0.15) is 12.8 Å². The average Bonchev–Trinajstić information content (AvgIpc) is 2.81. The molecule has 1 aromatic heterocycles. The van der Waals surface area contributed by atoms with Crippen molar-refractivity contribution in [2.24, 2.45) is 11.7 Å². The Hall–Kier alpha value is -1.26. The van der Waals surface area contributed by atoms with Crippen molar-refractivity contribution in [2.75, 3.05) is 24.5 Å². The Morgan fingerprint density at radius 1 is 1.50 bits per heavy atom. The van der Waals surface area contributed by atoms with Gasteiger partial charge in [-0.3, -0.25) is 0 Å². The zero-order valence-electron chi connectivity index (χ0n) is 10.1. The number of hydrogen-bond acceptors (Lipinski definition) is 4. The van der Waals surface area contributed by atoms with Crippen LogP contribution in [0.4, 0.5) is 6.01 Å². The molecule has 1 fully saturated rings. The molecule has 1 unspecified atom stereocenters. The zero-order valence-corrected chi connectivity index (χ0v) is 10.9. The number of piperidine rings is 1. The molecule has 0 aliphatic carbocycles. The van der Waals surface area contributed by atoms with Gasteiger partial charge >= 0.3 is 0 Å². The van der Waals surface area contributed by atoms with Crippen molar-refractivity contribution >= 4 is 28.7 Å². The molecule has 2 N–H and O–H groups in total. The predicted molar refractivity (Wildman–Crippen MR) is 73.0 cm³/mol. The predicted octanol–water partition coefficient (Wildman–Crippen LogP) is 2.66. The van der Waals surface area contributed by atoms with E-state index < -0.39 is 0 Å². The average molecular weight is 266 g/mol. The van der Waals surface area contributed by atoms with Crippen LogP contribution in [-0.4, -0.2) is 24.6 Å². The molecular formula is C13H16ClN3O. The Labute approximate surface area is 111 Å². The second-order valence-corrected chi connectivity index (χ2v) is 5.23. The summed E-state index contributed by atoms with van der Waals surface area (Å²) in [6, 6.07) is 6.20. The van der Waals surface area contributed by atoms with Crippen LogP contribution >= 0.6 is 11.6 Å². The van der Waals surface area contributed by atoms with Crippen molar-refractivity contribution in [3.8, 4) is 0 Å². The summed E-state index contributed by atoms with van der Waals surface area (Å²) >= 11 is 5.94. The maximum atomic E-state index is 5.94. The normalized spacial score (nSPS) is 20.6. The van der Waals surface area contributed by atoms with Gasteiger partial charge in [0, 0.05) is 24.2 Å². The highest BCUT2D eigenvalue weighted by Gasteiger charge is 2.22. The number of aromatic nitrogens is 1. The molecule has 1 aliphatic rings. The molecule has 1 aliphatic heterocycles. The molecule has 4 nitrogen and oxygen atoms in total. The van der Waals surface area contributed by atoms with Gasteiger partial charge in [0.2, 0.25) is 0 Å². The number of halogens is 1. The fourth-order valence-electron chi connectivity index (χ4n) is 2.45. The van der Waals surface area contributed by atoms with Gasteiger partial charge in [0.05, 0.1) is 0 Å². The third-order valence-electron chi connectivity index (χ3n) is 3.46. The number of hydrogen-bond donors (Lipinski definition) is 1. The van der Waals surface area contributed by atoms with Gasteiger partial charge in [-0.05, 0) is 37.4 Å². The highest BCUT2D eigenvalue weighted by atomic mass is 35.5. The lowest BCUT2D eigenvalue weighted by Gasteiger charge is -2.30. The molecule has 3 rings (SSSR count). The van der Waals surface area contributed by atoms with Crippen molar-refractivity contribution in [2.45, 2.75) is 12.8 Å². The monoisotopic (exact) mass is 265 g/mol. The summed E-state index contributed by atoms with van der Waals surface area (Å²) in [5.41, 5.74) is 7.34. The van der Waals surface area contributed by atoms with Crippen LogP contribution in [0.25, 0.3) is 11.1 Å². The highest BCUT2D eigenvalue weighted by molar-refractivity contribution is 6.31. The molecule has 2 aromatic rings. The summed E-state index contributed by atoms with van der Waals surface area (Å²) in [5.74, 6) is 0.539. The summed E-state index contributed by atoms with van der Waals surface area (Å²) in [5, 5.41) is 0.670.